The molecule has 1 fully saturated rings. The fourth-order valence-corrected chi connectivity index (χ4v) is 0.888. The molecule has 0 radical (unpaired) electrons. The molecule has 1 N–H and O–H groups in total. The van der Waals surface area contributed by atoms with Crippen molar-refractivity contribution in [3.05, 3.63) is 20.2 Å². The Morgan fingerprint density at radius 1 is 1.57 bits per heavy atom. The van der Waals surface area contributed by atoms with Gasteiger partial charge in [-0.1, -0.05) is 0 Å². The minimum atomic E-state index is -3.77. The maximum absolute atomic E-state index is 13.0. The predicted molar refractivity (Wildman–Crippen MR) is 38.2 cm³/mol. The highest BCUT2D eigenvalue weighted by Gasteiger charge is 2.64. The van der Waals surface area contributed by atoms with Gasteiger partial charge in [-0.15, -0.1) is 0 Å². The van der Waals surface area contributed by atoms with Crippen molar-refractivity contribution in [1.29, 1.82) is 0 Å². The molecule has 0 aromatic heterocycles. The molecule has 0 aromatic carbocycles. The van der Waals surface area contributed by atoms with Crippen molar-refractivity contribution in [2.24, 2.45) is 0 Å². The standard InChI is InChI=1S/C5H7FN2O6/c6-4(1-3-2-14-3)5(9,7(10)11)8(12)13/h3-4,9H,1-2H2. The van der Waals surface area contributed by atoms with Crippen LogP contribution in [0.25, 0.3) is 0 Å². The number of alkyl halides is 1. The lowest BCUT2D eigenvalue weighted by Gasteiger charge is -2.13. The van der Waals surface area contributed by atoms with Crippen LogP contribution in [0.4, 0.5) is 4.39 Å². The summed E-state index contributed by atoms with van der Waals surface area (Å²) in [6.45, 7) is 0.200. The average Bonchev–Trinajstić information content (AvgIpc) is 2.85. The van der Waals surface area contributed by atoms with E-state index in [1.807, 2.05) is 0 Å². The van der Waals surface area contributed by atoms with Crippen LogP contribution >= 0.6 is 0 Å². The summed E-state index contributed by atoms with van der Waals surface area (Å²) in [7, 11) is 0. The number of halogens is 1. The summed E-state index contributed by atoms with van der Waals surface area (Å²) < 4.78 is 17.6. The molecular weight excluding hydrogens is 203 g/mol. The molecular formula is C5H7FN2O6. The summed E-state index contributed by atoms with van der Waals surface area (Å²) in [5.41, 5.74) is 0. The second kappa shape index (κ2) is 3.42. The zero-order valence-electron chi connectivity index (χ0n) is 6.83. The van der Waals surface area contributed by atoms with Crippen LogP contribution in [-0.4, -0.2) is 39.7 Å². The minimum Gasteiger partial charge on any atom is -0.373 e. The Bertz CT molecular complexity index is 253. The van der Waals surface area contributed by atoms with Crippen LogP contribution in [0.15, 0.2) is 0 Å². The molecule has 1 heterocycles. The molecule has 0 bridgehead atoms. The van der Waals surface area contributed by atoms with E-state index in [1.54, 1.807) is 0 Å². The number of hydrogen-bond acceptors (Lipinski definition) is 6. The van der Waals surface area contributed by atoms with Crippen molar-refractivity contribution >= 4 is 0 Å². The van der Waals surface area contributed by atoms with E-state index < -0.39 is 34.4 Å². The lowest BCUT2D eigenvalue weighted by Crippen LogP contribution is -2.54. The van der Waals surface area contributed by atoms with E-state index >= 15 is 0 Å². The Labute approximate surface area is 76.6 Å². The first-order valence-corrected chi connectivity index (χ1v) is 3.66. The van der Waals surface area contributed by atoms with Gasteiger partial charge in [-0.25, -0.2) is 4.39 Å². The molecule has 8 nitrogen and oxygen atoms in total. The molecule has 80 valence electrons. The van der Waals surface area contributed by atoms with Gasteiger partial charge < -0.3 is 4.74 Å². The highest BCUT2D eigenvalue weighted by molar-refractivity contribution is 4.77. The number of nitro groups is 2. The van der Waals surface area contributed by atoms with E-state index in [-0.39, 0.29) is 6.61 Å². The second-order valence-electron chi connectivity index (χ2n) is 2.86. The SMILES string of the molecule is O=[N+]([O-])C(O)(C(F)CC1CO1)[N+](=O)[O-]. The second-order valence-corrected chi connectivity index (χ2v) is 2.86. The van der Waals surface area contributed by atoms with Gasteiger partial charge in [0.15, 0.2) is 0 Å². The maximum atomic E-state index is 13.0. The monoisotopic (exact) mass is 210 g/mol. The van der Waals surface area contributed by atoms with Crippen molar-refractivity contribution in [2.75, 3.05) is 6.61 Å². The van der Waals surface area contributed by atoms with Crippen LogP contribution in [0, 0.1) is 20.2 Å². The van der Waals surface area contributed by atoms with Gasteiger partial charge in [-0.3, -0.25) is 25.3 Å². The first-order chi connectivity index (χ1) is 6.39. The van der Waals surface area contributed by atoms with Crippen molar-refractivity contribution in [1.82, 2.24) is 0 Å². The van der Waals surface area contributed by atoms with Crippen molar-refractivity contribution in [3.63, 3.8) is 0 Å². The normalized spacial score (nSPS) is 22.9. The zero-order chi connectivity index (χ0) is 10.9. The third-order valence-corrected chi connectivity index (χ3v) is 1.83. The molecule has 1 aliphatic rings. The fourth-order valence-electron chi connectivity index (χ4n) is 0.888. The number of epoxide rings is 1. The number of ether oxygens (including phenoxy) is 1. The summed E-state index contributed by atoms with van der Waals surface area (Å²) in [5, 5.41) is 29.2. The minimum absolute atomic E-state index is 0.200. The Morgan fingerprint density at radius 2 is 2.00 bits per heavy atom. The molecule has 2 unspecified atom stereocenters. The summed E-state index contributed by atoms with van der Waals surface area (Å²) >= 11 is 0. The third-order valence-electron chi connectivity index (χ3n) is 1.83. The number of aliphatic hydroxyl groups is 1. The van der Waals surface area contributed by atoms with Crippen LogP contribution in [0.3, 0.4) is 0 Å². The molecule has 0 aromatic rings. The molecule has 1 rings (SSSR count). The van der Waals surface area contributed by atoms with Crippen molar-refractivity contribution in [2.45, 2.75) is 24.5 Å². The Kier molecular flexibility index (Phi) is 2.62. The van der Waals surface area contributed by atoms with E-state index in [0.717, 1.165) is 0 Å². The lowest BCUT2D eigenvalue weighted by atomic mass is 10.1. The summed E-state index contributed by atoms with van der Waals surface area (Å²) in [5.74, 6) is -3.77. The van der Waals surface area contributed by atoms with Crippen LogP contribution in [-0.2, 0) is 4.74 Å². The molecule has 0 aliphatic carbocycles. The van der Waals surface area contributed by atoms with E-state index in [9.17, 15) is 24.6 Å². The van der Waals surface area contributed by atoms with Crippen molar-refractivity contribution < 1.29 is 24.1 Å². The maximum Gasteiger partial charge on any atom is 0.607 e. The van der Waals surface area contributed by atoms with Crippen LogP contribution in [0.5, 0.6) is 0 Å². The summed E-state index contributed by atoms with van der Waals surface area (Å²) in [4.78, 5) is 17.0. The average molecular weight is 210 g/mol. The van der Waals surface area contributed by atoms with E-state index in [1.165, 1.54) is 0 Å². The molecule has 14 heavy (non-hydrogen) atoms. The van der Waals surface area contributed by atoms with Gasteiger partial charge in [-0.2, -0.15) is 0 Å². The van der Waals surface area contributed by atoms with Gasteiger partial charge in [0.2, 0.25) is 0 Å². The van der Waals surface area contributed by atoms with E-state index in [2.05, 4.69) is 4.74 Å². The molecule has 0 spiro atoms. The summed E-state index contributed by atoms with van der Waals surface area (Å²) in [6.07, 6.45) is -3.71. The van der Waals surface area contributed by atoms with Gasteiger partial charge in [0.05, 0.1) is 12.7 Å². The van der Waals surface area contributed by atoms with Crippen LogP contribution in [0.1, 0.15) is 6.42 Å². The molecule has 1 saturated heterocycles. The lowest BCUT2D eigenvalue weighted by molar-refractivity contribution is -0.855. The number of rotatable bonds is 5. The van der Waals surface area contributed by atoms with Crippen molar-refractivity contribution in [3.8, 4) is 0 Å². The highest BCUT2D eigenvalue weighted by atomic mass is 19.1. The van der Waals surface area contributed by atoms with Gasteiger partial charge in [0, 0.05) is 6.42 Å². The first kappa shape index (κ1) is 10.7. The van der Waals surface area contributed by atoms with Gasteiger partial charge in [0.25, 0.3) is 6.17 Å². The van der Waals surface area contributed by atoms with Crippen LogP contribution in [0.2, 0.25) is 0 Å². The van der Waals surface area contributed by atoms with Gasteiger partial charge in [0.1, 0.15) is 9.85 Å². The van der Waals surface area contributed by atoms with E-state index in [0.29, 0.717) is 0 Å². The summed E-state index contributed by atoms with van der Waals surface area (Å²) in [6, 6.07) is 0. The molecule has 2 atom stereocenters. The Balaban J connectivity index is 2.74. The topological polar surface area (TPSA) is 119 Å². The third kappa shape index (κ3) is 1.77. The van der Waals surface area contributed by atoms with Gasteiger partial charge in [-0.05, 0) is 0 Å². The molecule has 1 aliphatic heterocycles. The van der Waals surface area contributed by atoms with E-state index in [4.69, 9.17) is 5.11 Å². The van der Waals surface area contributed by atoms with Crippen LogP contribution < -0.4 is 0 Å². The quantitative estimate of drug-likeness (QED) is 0.277. The van der Waals surface area contributed by atoms with Gasteiger partial charge >= 0.3 is 5.85 Å². The molecule has 0 saturated carbocycles. The first-order valence-electron chi connectivity index (χ1n) is 3.66. The largest absolute Gasteiger partial charge is 0.607 e. The smallest absolute Gasteiger partial charge is 0.373 e. The molecule has 0 amide bonds. The molecule has 9 heteroatoms. The number of nitrogens with zero attached hydrogens (tertiary/aromatic N) is 2. The highest BCUT2D eigenvalue weighted by Crippen LogP contribution is 2.25. The number of hydrogen-bond donors (Lipinski definition) is 1. The Morgan fingerprint density at radius 3 is 2.29 bits per heavy atom. The predicted octanol–water partition coefficient (Wildman–Crippen LogP) is -0.687. The fraction of sp³-hybridized carbons (Fsp3) is 1.00. The zero-order valence-corrected chi connectivity index (χ0v) is 6.83. The Hall–Kier alpha value is -1.35.